The molecule has 0 bridgehead atoms. The first-order chi connectivity index (χ1) is 9.08. The summed E-state index contributed by atoms with van der Waals surface area (Å²) in [5.41, 5.74) is 6.42. The van der Waals surface area contributed by atoms with Gasteiger partial charge in [0.25, 0.3) is 5.69 Å². The molecule has 2 N–H and O–H groups in total. The third-order valence-electron chi connectivity index (χ3n) is 2.53. The Morgan fingerprint density at radius 1 is 1.26 bits per heavy atom. The number of anilines is 1. The van der Waals surface area contributed by atoms with E-state index in [0.29, 0.717) is 21.9 Å². The van der Waals surface area contributed by atoms with E-state index in [1.165, 1.54) is 23.9 Å². The fourth-order valence-corrected chi connectivity index (χ4v) is 2.52. The minimum absolute atomic E-state index is 0.0471. The van der Waals surface area contributed by atoms with Gasteiger partial charge in [-0.05, 0) is 18.2 Å². The zero-order valence-electron chi connectivity index (χ0n) is 9.88. The highest BCUT2D eigenvalue weighted by atomic mass is 32.2. The zero-order valence-corrected chi connectivity index (χ0v) is 10.7. The monoisotopic (exact) mass is 278 g/mol. The van der Waals surface area contributed by atoms with Gasteiger partial charge in [-0.2, -0.15) is 0 Å². The average Bonchev–Trinajstić information content (AvgIpc) is 2.38. The van der Waals surface area contributed by atoms with Crippen LogP contribution in [0.2, 0.25) is 0 Å². The Kier molecular flexibility index (Phi) is 4.01. The maximum atomic E-state index is 13.6. The summed E-state index contributed by atoms with van der Waals surface area (Å²) in [6.07, 6.45) is 0. The van der Waals surface area contributed by atoms with Gasteiger partial charge < -0.3 is 5.73 Å². The van der Waals surface area contributed by atoms with Crippen molar-refractivity contribution in [3.63, 3.8) is 0 Å². The Hall–Kier alpha value is -2.08. The van der Waals surface area contributed by atoms with Crippen LogP contribution in [0.25, 0.3) is 0 Å². The van der Waals surface area contributed by atoms with E-state index < -0.39 is 10.7 Å². The number of nitro groups is 1. The van der Waals surface area contributed by atoms with Crippen molar-refractivity contribution in [1.29, 1.82) is 0 Å². The number of nitrogens with two attached hydrogens (primary N) is 1. The number of para-hydroxylation sites is 1. The standard InChI is InChI=1S/C13H11FN2O2S/c14-11-7-10(15)5-6-13(11)19-8-9-3-1-2-4-12(9)16(17)18/h1-7H,8,15H2. The number of nitrogen functional groups attached to an aromatic ring is 1. The van der Waals surface area contributed by atoms with Crippen molar-refractivity contribution in [1.82, 2.24) is 0 Å². The van der Waals surface area contributed by atoms with Gasteiger partial charge in [0.1, 0.15) is 5.82 Å². The van der Waals surface area contributed by atoms with Gasteiger partial charge in [-0.1, -0.05) is 18.2 Å². The summed E-state index contributed by atoms with van der Waals surface area (Å²) in [5, 5.41) is 10.9. The number of hydrogen-bond acceptors (Lipinski definition) is 4. The zero-order chi connectivity index (χ0) is 13.8. The fourth-order valence-electron chi connectivity index (χ4n) is 1.60. The van der Waals surface area contributed by atoms with Crippen LogP contribution in [0, 0.1) is 15.9 Å². The molecular formula is C13H11FN2O2S. The van der Waals surface area contributed by atoms with Crippen LogP contribution in [0.1, 0.15) is 5.56 Å². The maximum absolute atomic E-state index is 13.6. The summed E-state index contributed by atoms with van der Waals surface area (Å²) >= 11 is 1.21. The second-order valence-corrected chi connectivity index (χ2v) is 4.88. The molecule has 0 aliphatic rings. The molecule has 0 aliphatic heterocycles. The minimum Gasteiger partial charge on any atom is -0.399 e. The molecule has 0 fully saturated rings. The summed E-state index contributed by atoms with van der Waals surface area (Å²) < 4.78 is 13.6. The second kappa shape index (κ2) is 5.71. The average molecular weight is 278 g/mol. The first kappa shape index (κ1) is 13.4. The molecule has 0 aromatic heterocycles. The van der Waals surface area contributed by atoms with Crippen molar-refractivity contribution < 1.29 is 9.31 Å². The van der Waals surface area contributed by atoms with Crippen molar-refractivity contribution in [2.24, 2.45) is 0 Å². The van der Waals surface area contributed by atoms with Crippen LogP contribution in [-0.2, 0) is 5.75 Å². The van der Waals surface area contributed by atoms with Gasteiger partial charge in [-0.25, -0.2) is 4.39 Å². The largest absolute Gasteiger partial charge is 0.399 e. The Morgan fingerprint density at radius 3 is 2.68 bits per heavy atom. The number of nitrogens with zero attached hydrogens (tertiary/aromatic N) is 1. The first-order valence-corrected chi connectivity index (χ1v) is 6.46. The van der Waals surface area contributed by atoms with Crippen LogP contribution >= 0.6 is 11.8 Å². The van der Waals surface area contributed by atoms with Gasteiger partial charge in [0, 0.05) is 28.0 Å². The Balaban J connectivity index is 2.17. The van der Waals surface area contributed by atoms with Gasteiger partial charge in [-0.15, -0.1) is 11.8 Å². The Labute approximate surface area is 113 Å². The normalized spacial score (nSPS) is 10.4. The van der Waals surface area contributed by atoms with E-state index in [9.17, 15) is 14.5 Å². The third kappa shape index (κ3) is 3.23. The highest BCUT2D eigenvalue weighted by molar-refractivity contribution is 7.98. The molecule has 0 unspecified atom stereocenters. The predicted octanol–water partition coefficient (Wildman–Crippen LogP) is 3.61. The Bertz CT molecular complexity index is 619. The van der Waals surface area contributed by atoms with E-state index in [4.69, 9.17) is 5.73 Å². The van der Waals surface area contributed by atoms with Crippen LogP contribution in [0.15, 0.2) is 47.4 Å². The van der Waals surface area contributed by atoms with Crippen molar-refractivity contribution in [2.45, 2.75) is 10.6 Å². The van der Waals surface area contributed by atoms with Crippen molar-refractivity contribution in [3.8, 4) is 0 Å². The molecule has 0 aliphatic carbocycles. The maximum Gasteiger partial charge on any atom is 0.273 e. The van der Waals surface area contributed by atoms with Crippen LogP contribution in [0.4, 0.5) is 15.8 Å². The molecule has 0 saturated carbocycles. The summed E-state index contributed by atoms with van der Waals surface area (Å²) in [7, 11) is 0. The van der Waals surface area contributed by atoms with Gasteiger partial charge >= 0.3 is 0 Å². The topological polar surface area (TPSA) is 69.2 Å². The van der Waals surface area contributed by atoms with Gasteiger partial charge in [0.15, 0.2) is 0 Å². The number of nitro benzene ring substituents is 1. The van der Waals surface area contributed by atoms with E-state index in [1.54, 1.807) is 30.3 Å². The summed E-state index contributed by atoms with van der Waals surface area (Å²) in [6.45, 7) is 0. The molecule has 2 aromatic rings. The predicted molar refractivity (Wildman–Crippen MR) is 73.5 cm³/mol. The summed E-state index contributed by atoms with van der Waals surface area (Å²) in [5.74, 6) is -0.0820. The van der Waals surface area contributed by atoms with E-state index in [2.05, 4.69) is 0 Å². The molecule has 98 valence electrons. The Morgan fingerprint density at radius 2 is 2.00 bits per heavy atom. The number of rotatable bonds is 4. The fraction of sp³-hybridized carbons (Fsp3) is 0.0769. The highest BCUT2D eigenvalue weighted by Gasteiger charge is 2.13. The number of thioether (sulfide) groups is 1. The molecule has 0 amide bonds. The van der Waals surface area contributed by atoms with Crippen LogP contribution in [0.3, 0.4) is 0 Å². The molecule has 6 heteroatoms. The molecule has 0 heterocycles. The van der Waals surface area contributed by atoms with Crippen LogP contribution in [0.5, 0.6) is 0 Å². The highest BCUT2D eigenvalue weighted by Crippen LogP contribution is 2.30. The molecule has 2 aromatic carbocycles. The first-order valence-electron chi connectivity index (χ1n) is 5.48. The molecular weight excluding hydrogens is 267 g/mol. The van der Waals surface area contributed by atoms with Gasteiger partial charge in [0.2, 0.25) is 0 Å². The van der Waals surface area contributed by atoms with Crippen molar-refractivity contribution in [3.05, 3.63) is 64.0 Å². The van der Waals surface area contributed by atoms with E-state index in [0.717, 1.165) is 0 Å². The lowest BCUT2D eigenvalue weighted by atomic mass is 10.2. The second-order valence-electron chi connectivity index (χ2n) is 3.86. The third-order valence-corrected chi connectivity index (χ3v) is 3.62. The number of benzene rings is 2. The van der Waals surface area contributed by atoms with Crippen molar-refractivity contribution in [2.75, 3.05) is 5.73 Å². The van der Waals surface area contributed by atoms with Gasteiger partial charge in [-0.3, -0.25) is 10.1 Å². The number of halogens is 1. The lowest BCUT2D eigenvalue weighted by Gasteiger charge is -2.05. The quantitative estimate of drug-likeness (QED) is 0.401. The van der Waals surface area contributed by atoms with Crippen LogP contribution in [-0.4, -0.2) is 4.92 Å². The van der Waals surface area contributed by atoms with E-state index in [-0.39, 0.29) is 5.69 Å². The van der Waals surface area contributed by atoms with E-state index >= 15 is 0 Å². The van der Waals surface area contributed by atoms with Crippen LogP contribution < -0.4 is 5.73 Å². The SMILES string of the molecule is Nc1ccc(SCc2ccccc2[N+](=O)[O-])c(F)c1. The van der Waals surface area contributed by atoms with Crippen molar-refractivity contribution >= 4 is 23.1 Å². The van der Waals surface area contributed by atoms with E-state index in [1.807, 2.05) is 0 Å². The molecule has 0 saturated heterocycles. The molecule has 19 heavy (non-hydrogen) atoms. The molecule has 0 atom stereocenters. The molecule has 0 radical (unpaired) electrons. The summed E-state index contributed by atoms with van der Waals surface area (Å²) in [4.78, 5) is 10.8. The number of hydrogen-bond donors (Lipinski definition) is 1. The molecule has 0 spiro atoms. The minimum atomic E-state index is -0.435. The molecule has 4 nitrogen and oxygen atoms in total. The smallest absolute Gasteiger partial charge is 0.273 e. The lowest BCUT2D eigenvalue weighted by Crippen LogP contribution is -1.94. The summed E-state index contributed by atoms with van der Waals surface area (Å²) in [6, 6.07) is 10.9. The molecule has 2 rings (SSSR count). The lowest BCUT2D eigenvalue weighted by molar-refractivity contribution is -0.385. The van der Waals surface area contributed by atoms with Gasteiger partial charge in [0.05, 0.1) is 4.92 Å².